The van der Waals surface area contributed by atoms with Crippen molar-refractivity contribution in [1.29, 1.82) is 0 Å². The smallest absolute Gasteiger partial charge is 0.316 e. The Morgan fingerprint density at radius 3 is 2.15 bits per heavy atom. The van der Waals surface area contributed by atoms with Gasteiger partial charge in [0.05, 0.1) is 0 Å². The van der Waals surface area contributed by atoms with Gasteiger partial charge in [-0.1, -0.05) is 10.3 Å². The molecule has 0 unspecified atom stereocenters. The average Bonchev–Trinajstić information content (AvgIpc) is 3.07. The molecule has 3 aromatic rings. The molecule has 20 heavy (non-hydrogen) atoms. The Kier molecular flexibility index (Phi) is 2.94. The van der Waals surface area contributed by atoms with Gasteiger partial charge in [0.25, 0.3) is 0 Å². The lowest BCUT2D eigenvalue weighted by Crippen LogP contribution is -2.07. The third-order valence-corrected chi connectivity index (χ3v) is 2.78. The summed E-state index contributed by atoms with van der Waals surface area (Å²) in [5, 5.41) is 7.61. The molecule has 102 valence electrons. The Morgan fingerprint density at radius 1 is 0.900 bits per heavy atom. The fourth-order valence-electron chi connectivity index (χ4n) is 1.72. The number of hydrogen-bond donors (Lipinski definition) is 0. The lowest BCUT2D eigenvalue weighted by atomic mass is 10.2. The SMILES string of the molecule is Cc1noc(-c2nc(-c3ccc(N(C)C)cc3)no2)n1. The first kappa shape index (κ1) is 12.3. The lowest BCUT2D eigenvalue weighted by molar-refractivity contribution is 0.381. The third kappa shape index (κ3) is 2.25. The molecule has 3 rings (SSSR count). The van der Waals surface area contributed by atoms with Gasteiger partial charge in [-0.15, -0.1) is 0 Å². The standard InChI is InChI=1S/C13H13N5O2/c1-8-14-12(19-16-8)13-15-11(17-20-13)9-4-6-10(7-5-9)18(2)3/h4-7H,1-3H3. The lowest BCUT2D eigenvalue weighted by Gasteiger charge is -2.11. The molecule has 0 N–H and O–H groups in total. The summed E-state index contributed by atoms with van der Waals surface area (Å²) >= 11 is 0. The van der Waals surface area contributed by atoms with Crippen LogP contribution in [0.1, 0.15) is 5.82 Å². The molecule has 0 atom stereocenters. The van der Waals surface area contributed by atoms with E-state index in [-0.39, 0.29) is 11.8 Å². The van der Waals surface area contributed by atoms with E-state index >= 15 is 0 Å². The molecule has 7 nitrogen and oxygen atoms in total. The number of hydrogen-bond acceptors (Lipinski definition) is 7. The van der Waals surface area contributed by atoms with Gasteiger partial charge in [-0.3, -0.25) is 0 Å². The van der Waals surface area contributed by atoms with Crippen LogP contribution in [0, 0.1) is 6.92 Å². The molecule has 2 heterocycles. The molecule has 0 spiro atoms. The second-order valence-corrected chi connectivity index (χ2v) is 4.51. The van der Waals surface area contributed by atoms with E-state index in [1.807, 2.05) is 43.3 Å². The van der Waals surface area contributed by atoms with Crippen molar-refractivity contribution in [2.24, 2.45) is 0 Å². The normalized spacial score (nSPS) is 10.8. The van der Waals surface area contributed by atoms with E-state index in [9.17, 15) is 0 Å². The van der Waals surface area contributed by atoms with E-state index in [2.05, 4.69) is 20.3 Å². The summed E-state index contributed by atoms with van der Waals surface area (Å²) < 4.78 is 10.1. The molecule has 0 amide bonds. The monoisotopic (exact) mass is 271 g/mol. The number of rotatable bonds is 3. The summed E-state index contributed by atoms with van der Waals surface area (Å²) in [6.45, 7) is 1.73. The Bertz CT molecular complexity index is 714. The van der Waals surface area contributed by atoms with Crippen molar-refractivity contribution >= 4 is 5.69 Å². The van der Waals surface area contributed by atoms with Crippen molar-refractivity contribution in [3.05, 3.63) is 30.1 Å². The molecule has 2 aromatic heterocycles. The van der Waals surface area contributed by atoms with Gasteiger partial charge in [0.2, 0.25) is 5.82 Å². The maximum absolute atomic E-state index is 5.13. The molecule has 7 heteroatoms. The quantitative estimate of drug-likeness (QED) is 0.722. The summed E-state index contributed by atoms with van der Waals surface area (Å²) in [5.41, 5.74) is 1.96. The second-order valence-electron chi connectivity index (χ2n) is 4.51. The van der Waals surface area contributed by atoms with Crippen molar-refractivity contribution in [1.82, 2.24) is 20.3 Å². The average molecular weight is 271 g/mol. The number of aryl methyl sites for hydroxylation is 1. The summed E-state index contributed by atoms with van der Waals surface area (Å²) in [6, 6.07) is 7.84. The predicted octanol–water partition coefficient (Wildman–Crippen LogP) is 2.16. The van der Waals surface area contributed by atoms with Crippen LogP contribution in [0.5, 0.6) is 0 Å². The highest BCUT2D eigenvalue weighted by molar-refractivity contribution is 5.60. The van der Waals surface area contributed by atoms with E-state index in [1.165, 1.54) is 0 Å². The summed E-state index contributed by atoms with van der Waals surface area (Å²) in [7, 11) is 3.97. The molecular weight excluding hydrogens is 258 g/mol. The van der Waals surface area contributed by atoms with Gasteiger partial charge in [-0.05, 0) is 31.2 Å². The van der Waals surface area contributed by atoms with Crippen LogP contribution in [0.2, 0.25) is 0 Å². The minimum absolute atomic E-state index is 0.220. The number of nitrogens with zero attached hydrogens (tertiary/aromatic N) is 5. The van der Waals surface area contributed by atoms with E-state index in [1.54, 1.807) is 6.92 Å². The van der Waals surface area contributed by atoms with Crippen molar-refractivity contribution in [2.75, 3.05) is 19.0 Å². The van der Waals surface area contributed by atoms with Crippen LogP contribution in [0.25, 0.3) is 23.2 Å². The molecule has 0 aliphatic heterocycles. The molecule has 0 saturated carbocycles. The maximum atomic E-state index is 5.13. The Hall–Kier alpha value is -2.70. The number of benzene rings is 1. The molecule has 0 aliphatic rings. The van der Waals surface area contributed by atoms with Crippen LogP contribution < -0.4 is 4.90 Å². The van der Waals surface area contributed by atoms with E-state index in [0.29, 0.717) is 11.6 Å². The molecule has 0 saturated heterocycles. The maximum Gasteiger partial charge on any atom is 0.316 e. The zero-order valence-corrected chi connectivity index (χ0v) is 11.4. The Labute approximate surface area is 115 Å². The first-order valence-corrected chi connectivity index (χ1v) is 6.05. The predicted molar refractivity (Wildman–Crippen MR) is 72.1 cm³/mol. The van der Waals surface area contributed by atoms with Crippen LogP contribution in [-0.2, 0) is 0 Å². The van der Waals surface area contributed by atoms with Gasteiger partial charge < -0.3 is 13.9 Å². The first-order chi connectivity index (χ1) is 9.63. The molecule has 0 fully saturated rings. The van der Waals surface area contributed by atoms with E-state index in [0.717, 1.165) is 11.3 Å². The highest BCUT2D eigenvalue weighted by Gasteiger charge is 2.16. The molecular formula is C13H13N5O2. The van der Waals surface area contributed by atoms with Gasteiger partial charge in [0, 0.05) is 25.3 Å². The van der Waals surface area contributed by atoms with Crippen LogP contribution in [0.3, 0.4) is 0 Å². The molecule has 0 aliphatic carbocycles. The zero-order chi connectivity index (χ0) is 14.1. The topological polar surface area (TPSA) is 81.1 Å². The van der Waals surface area contributed by atoms with E-state index < -0.39 is 0 Å². The van der Waals surface area contributed by atoms with Crippen molar-refractivity contribution in [3.8, 4) is 23.2 Å². The second kappa shape index (κ2) is 4.76. The van der Waals surface area contributed by atoms with Gasteiger partial charge in [0.1, 0.15) is 0 Å². The Morgan fingerprint density at radius 2 is 1.55 bits per heavy atom. The van der Waals surface area contributed by atoms with Gasteiger partial charge in [-0.25, -0.2) is 0 Å². The minimum Gasteiger partial charge on any atom is -0.378 e. The van der Waals surface area contributed by atoms with Gasteiger partial charge in [-0.2, -0.15) is 9.97 Å². The highest BCUT2D eigenvalue weighted by Crippen LogP contribution is 2.22. The largest absolute Gasteiger partial charge is 0.378 e. The first-order valence-electron chi connectivity index (χ1n) is 6.05. The molecule has 0 bridgehead atoms. The van der Waals surface area contributed by atoms with Crippen molar-refractivity contribution < 1.29 is 9.05 Å². The summed E-state index contributed by atoms with van der Waals surface area (Å²) in [6.07, 6.45) is 0. The molecule has 0 radical (unpaired) electrons. The Balaban J connectivity index is 1.90. The van der Waals surface area contributed by atoms with Crippen LogP contribution in [0.15, 0.2) is 33.3 Å². The zero-order valence-electron chi connectivity index (χ0n) is 11.4. The number of aromatic nitrogens is 4. The third-order valence-electron chi connectivity index (χ3n) is 2.78. The van der Waals surface area contributed by atoms with Crippen LogP contribution >= 0.6 is 0 Å². The summed E-state index contributed by atoms with van der Waals surface area (Å²) in [5.74, 6) is 1.46. The van der Waals surface area contributed by atoms with Gasteiger partial charge >= 0.3 is 11.8 Å². The van der Waals surface area contributed by atoms with Crippen molar-refractivity contribution in [3.63, 3.8) is 0 Å². The van der Waals surface area contributed by atoms with Crippen molar-refractivity contribution in [2.45, 2.75) is 6.92 Å². The van der Waals surface area contributed by atoms with Crippen LogP contribution in [0.4, 0.5) is 5.69 Å². The highest BCUT2D eigenvalue weighted by atomic mass is 16.5. The number of anilines is 1. The fourth-order valence-corrected chi connectivity index (χ4v) is 1.72. The van der Waals surface area contributed by atoms with Crippen LogP contribution in [-0.4, -0.2) is 34.4 Å². The van der Waals surface area contributed by atoms with Gasteiger partial charge in [0.15, 0.2) is 5.82 Å². The van der Waals surface area contributed by atoms with E-state index in [4.69, 9.17) is 9.05 Å². The molecule has 1 aromatic carbocycles. The minimum atomic E-state index is 0.220. The fraction of sp³-hybridized carbons (Fsp3) is 0.231. The summed E-state index contributed by atoms with van der Waals surface area (Å²) in [4.78, 5) is 10.3.